The lowest BCUT2D eigenvalue weighted by Crippen LogP contribution is -2.07. The van der Waals surface area contributed by atoms with Gasteiger partial charge in [0.25, 0.3) is 0 Å². The van der Waals surface area contributed by atoms with Gasteiger partial charge in [0.1, 0.15) is 0 Å². The lowest BCUT2D eigenvalue weighted by atomic mass is 10.2. The van der Waals surface area contributed by atoms with Crippen LogP contribution in [0.1, 0.15) is 23.2 Å². The molecule has 1 aliphatic rings. The summed E-state index contributed by atoms with van der Waals surface area (Å²) < 4.78 is 15.8. The molecule has 0 bridgehead atoms. The second-order valence-electron chi connectivity index (χ2n) is 4.25. The Balaban J connectivity index is 1.94. The fourth-order valence-electron chi connectivity index (χ4n) is 1.53. The topological polar surface area (TPSA) is 65.0 Å². The summed E-state index contributed by atoms with van der Waals surface area (Å²) in [6.45, 7) is 0.802. The van der Waals surface area contributed by atoms with Crippen LogP contribution in [0.2, 0.25) is 0 Å². The molecule has 0 amide bonds. The molecule has 2 rings (SSSR count). The van der Waals surface area contributed by atoms with E-state index in [1.807, 2.05) is 0 Å². The first-order valence-electron chi connectivity index (χ1n) is 5.82. The third kappa shape index (κ3) is 3.37. The molecule has 1 aliphatic carbocycles. The molecular formula is C13H16O5. The minimum Gasteiger partial charge on any atom is -0.493 e. The van der Waals surface area contributed by atoms with E-state index in [1.54, 1.807) is 6.07 Å². The van der Waals surface area contributed by atoms with Crippen LogP contribution in [0.3, 0.4) is 0 Å². The quantitative estimate of drug-likeness (QED) is 0.595. The number of aromatic carboxylic acids is 1. The highest BCUT2D eigenvalue weighted by Gasteiger charge is 2.21. The van der Waals surface area contributed by atoms with Crippen molar-refractivity contribution in [2.75, 3.05) is 20.5 Å². The highest BCUT2D eigenvalue weighted by atomic mass is 16.7. The molecule has 0 spiro atoms. The normalized spacial score (nSPS) is 14.3. The molecule has 0 aliphatic heterocycles. The Kier molecular flexibility index (Phi) is 4.04. The van der Waals surface area contributed by atoms with Crippen LogP contribution in [0.25, 0.3) is 0 Å². The van der Waals surface area contributed by atoms with Gasteiger partial charge < -0.3 is 19.3 Å². The monoisotopic (exact) mass is 252 g/mol. The second kappa shape index (κ2) is 5.73. The van der Waals surface area contributed by atoms with Crippen LogP contribution in [-0.4, -0.2) is 31.6 Å². The third-order valence-corrected chi connectivity index (χ3v) is 2.76. The van der Waals surface area contributed by atoms with Gasteiger partial charge in [0, 0.05) is 0 Å². The number of carboxylic acid groups (broad SMARTS) is 1. The van der Waals surface area contributed by atoms with E-state index in [1.165, 1.54) is 32.1 Å². The van der Waals surface area contributed by atoms with Crippen molar-refractivity contribution in [1.29, 1.82) is 0 Å². The maximum Gasteiger partial charge on any atom is 0.335 e. The second-order valence-corrected chi connectivity index (χ2v) is 4.25. The summed E-state index contributed by atoms with van der Waals surface area (Å²) in [5, 5.41) is 8.90. The van der Waals surface area contributed by atoms with Gasteiger partial charge in [-0.05, 0) is 37.0 Å². The Bertz CT molecular complexity index is 425. The van der Waals surface area contributed by atoms with E-state index >= 15 is 0 Å². The molecule has 0 saturated heterocycles. The molecule has 0 heterocycles. The van der Waals surface area contributed by atoms with Crippen molar-refractivity contribution in [1.82, 2.24) is 0 Å². The fraction of sp³-hybridized carbons (Fsp3) is 0.462. The average molecular weight is 252 g/mol. The summed E-state index contributed by atoms with van der Waals surface area (Å²) in [6, 6.07) is 4.47. The summed E-state index contributed by atoms with van der Waals surface area (Å²) in [5.74, 6) is 0.547. The van der Waals surface area contributed by atoms with E-state index in [9.17, 15) is 4.79 Å². The molecule has 1 aromatic carbocycles. The lowest BCUT2D eigenvalue weighted by Gasteiger charge is -2.11. The Labute approximate surface area is 105 Å². The van der Waals surface area contributed by atoms with Crippen LogP contribution in [0.4, 0.5) is 0 Å². The Morgan fingerprint density at radius 2 is 2.17 bits per heavy atom. The minimum absolute atomic E-state index is 0.107. The molecule has 0 atom stereocenters. The van der Waals surface area contributed by atoms with Crippen LogP contribution in [0.5, 0.6) is 11.5 Å². The van der Waals surface area contributed by atoms with Crippen LogP contribution < -0.4 is 9.47 Å². The number of carbonyl (C=O) groups is 1. The number of benzene rings is 1. The first kappa shape index (κ1) is 12.7. The van der Waals surface area contributed by atoms with Crippen molar-refractivity contribution in [2.45, 2.75) is 12.8 Å². The fourth-order valence-corrected chi connectivity index (χ4v) is 1.53. The summed E-state index contributed by atoms with van der Waals surface area (Å²) in [7, 11) is 1.51. The Hall–Kier alpha value is -1.75. The van der Waals surface area contributed by atoms with E-state index < -0.39 is 5.97 Å². The van der Waals surface area contributed by atoms with E-state index in [-0.39, 0.29) is 12.4 Å². The minimum atomic E-state index is -0.999. The van der Waals surface area contributed by atoms with Gasteiger partial charge in [0.05, 0.1) is 19.3 Å². The van der Waals surface area contributed by atoms with Gasteiger partial charge in [-0.3, -0.25) is 0 Å². The van der Waals surface area contributed by atoms with Crippen LogP contribution in [-0.2, 0) is 4.74 Å². The molecule has 5 nitrogen and oxygen atoms in total. The predicted octanol–water partition coefficient (Wildman–Crippen LogP) is 2.16. The van der Waals surface area contributed by atoms with Gasteiger partial charge >= 0.3 is 5.97 Å². The summed E-state index contributed by atoms with van der Waals surface area (Å²) in [6.07, 6.45) is 2.44. The Morgan fingerprint density at radius 3 is 2.78 bits per heavy atom. The first-order chi connectivity index (χ1) is 8.70. The zero-order valence-electron chi connectivity index (χ0n) is 10.2. The molecule has 98 valence electrons. The third-order valence-electron chi connectivity index (χ3n) is 2.76. The maximum atomic E-state index is 10.9. The summed E-state index contributed by atoms with van der Waals surface area (Å²) >= 11 is 0. The highest BCUT2D eigenvalue weighted by Crippen LogP contribution is 2.30. The van der Waals surface area contributed by atoms with Crippen molar-refractivity contribution in [3.8, 4) is 11.5 Å². The smallest absolute Gasteiger partial charge is 0.335 e. The first-order valence-corrected chi connectivity index (χ1v) is 5.82. The van der Waals surface area contributed by atoms with Gasteiger partial charge in [0.2, 0.25) is 0 Å². The molecule has 1 aromatic rings. The largest absolute Gasteiger partial charge is 0.493 e. The van der Waals surface area contributed by atoms with Crippen molar-refractivity contribution in [3.05, 3.63) is 23.8 Å². The molecule has 1 saturated carbocycles. The van der Waals surface area contributed by atoms with Crippen LogP contribution >= 0.6 is 0 Å². The van der Waals surface area contributed by atoms with E-state index in [4.69, 9.17) is 19.3 Å². The van der Waals surface area contributed by atoms with Crippen molar-refractivity contribution >= 4 is 5.97 Å². The zero-order chi connectivity index (χ0) is 13.0. The maximum absolute atomic E-state index is 10.9. The molecule has 5 heteroatoms. The molecule has 0 aromatic heterocycles. The van der Waals surface area contributed by atoms with Gasteiger partial charge in [-0.2, -0.15) is 0 Å². The number of ether oxygens (including phenoxy) is 3. The average Bonchev–Trinajstić information content (AvgIpc) is 3.18. The molecule has 1 N–H and O–H groups in total. The predicted molar refractivity (Wildman–Crippen MR) is 64.1 cm³/mol. The number of hydrogen-bond acceptors (Lipinski definition) is 4. The van der Waals surface area contributed by atoms with Crippen LogP contribution in [0, 0.1) is 5.92 Å². The molecule has 18 heavy (non-hydrogen) atoms. The molecule has 1 fully saturated rings. The van der Waals surface area contributed by atoms with E-state index in [0.29, 0.717) is 24.0 Å². The summed E-state index contributed by atoms with van der Waals surface area (Å²) in [4.78, 5) is 10.9. The van der Waals surface area contributed by atoms with Gasteiger partial charge in [-0.1, -0.05) is 0 Å². The van der Waals surface area contributed by atoms with Gasteiger partial charge in [-0.25, -0.2) is 4.79 Å². The van der Waals surface area contributed by atoms with Gasteiger partial charge in [-0.15, -0.1) is 0 Å². The zero-order valence-corrected chi connectivity index (χ0v) is 10.2. The van der Waals surface area contributed by atoms with Crippen molar-refractivity contribution in [2.24, 2.45) is 5.92 Å². The number of rotatable bonds is 7. The highest BCUT2D eigenvalue weighted by molar-refractivity contribution is 5.88. The van der Waals surface area contributed by atoms with Crippen molar-refractivity contribution < 1.29 is 24.1 Å². The Morgan fingerprint density at radius 1 is 1.39 bits per heavy atom. The summed E-state index contributed by atoms with van der Waals surface area (Å²) in [5.41, 5.74) is 0.160. The lowest BCUT2D eigenvalue weighted by molar-refractivity contribution is 0.00856. The standard InChI is InChI=1S/C13H16O5/c1-16-11-5-4-10(13(14)15)6-12(11)18-8-17-7-9-2-3-9/h4-6,9H,2-3,7-8H2,1H3,(H,14,15). The van der Waals surface area contributed by atoms with Gasteiger partial charge in [0.15, 0.2) is 18.3 Å². The molecule has 0 radical (unpaired) electrons. The van der Waals surface area contributed by atoms with E-state index in [0.717, 1.165) is 0 Å². The van der Waals surface area contributed by atoms with Crippen molar-refractivity contribution in [3.63, 3.8) is 0 Å². The van der Waals surface area contributed by atoms with E-state index in [2.05, 4.69) is 0 Å². The number of carboxylic acids is 1. The number of methoxy groups -OCH3 is 1. The SMILES string of the molecule is COc1ccc(C(=O)O)cc1OCOCC1CC1. The number of hydrogen-bond donors (Lipinski definition) is 1. The molecule has 0 unspecified atom stereocenters. The molecular weight excluding hydrogens is 236 g/mol. The van der Waals surface area contributed by atoms with Crippen LogP contribution in [0.15, 0.2) is 18.2 Å².